The summed E-state index contributed by atoms with van der Waals surface area (Å²) in [5.41, 5.74) is 4.21. The van der Waals surface area contributed by atoms with Crippen molar-refractivity contribution < 1.29 is 4.79 Å². The van der Waals surface area contributed by atoms with Crippen molar-refractivity contribution in [2.45, 2.75) is 13.1 Å². The van der Waals surface area contributed by atoms with Crippen LogP contribution >= 0.6 is 0 Å². The molecule has 4 rings (SSSR count). The average molecular weight is 342 g/mol. The van der Waals surface area contributed by atoms with Crippen molar-refractivity contribution in [2.24, 2.45) is 0 Å². The molecule has 0 bridgehead atoms. The van der Waals surface area contributed by atoms with Crippen molar-refractivity contribution in [1.29, 1.82) is 0 Å². The number of imidazole rings is 1. The lowest BCUT2D eigenvalue weighted by Gasteiger charge is -2.04. The van der Waals surface area contributed by atoms with Gasteiger partial charge in [0.1, 0.15) is 6.29 Å². The number of hydrogen-bond donors (Lipinski definition) is 0. The molecule has 0 spiro atoms. The summed E-state index contributed by atoms with van der Waals surface area (Å²) < 4.78 is 3.50. The summed E-state index contributed by atoms with van der Waals surface area (Å²) in [6.45, 7) is 0.971. The van der Waals surface area contributed by atoms with Crippen molar-refractivity contribution in [1.82, 2.24) is 9.13 Å². The predicted octanol–water partition coefficient (Wildman–Crippen LogP) is 3.71. The Bertz CT molecular complexity index is 1110. The smallest absolute Gasteiger partial charge is 0.298 e. The molecule has 0 fully saturated rings. The fraction of sp³-hybridized carbons (Fsp3) is 0.0909. The second-order valence-electron chi connectivity index (χ2n) is 6.29. The molecule has 0 aliphatic rings. The number of aldehydes is 1. The molecular weight excluding hydrogens is 324 g/mol. The molecule has 4 aromatic rings. The van der Waals surface area contributed by atoms with Gasteiger partial charge >= 0.3 is 5.69 Å². The van der Waals surface area contributed by atoms with E-state index in [0.29, 0.717) is 18.7 Å². The maximum absolute atomic E-state index is 13.1. The van der Waals surface area contributed by atoms with E-state index in [9.17, 15) is 9.59 Å². The monoisotopic (exact) mass is 342 g/mol. The van der Waals surface area contributed by atoms with Gasteiger partial charge in [-0.25, -0.2) is 4.79 Å². The lowest BCUT2D eigenvalue weighted by molar-refractivity contribution is 0.112. The van der Waals surface area contributed by atoms with Gasteiger partial charge in [-0.2, -0.15) is 0 Å². The van der Waals surface area contributed by atoms with Crippen molar-refractivity contribution in [3.63, 3.8) is 0 Å². The molecule has 0 saturated heterocycles. The van der Waals surface area contributed by atoms with Crippen molar-refractivity contribution in [2.75, 3.05) is 0 Å². The van der Waals surface area contributed by atoms with E-state index in [0.717, 1.165) is 28.4 Å². The minimum Gasteiger partial charge on any atom is -0.298 e. The summed E-state index contributed by atoms with van der Waals surface area (Å²) in [7, 11) is 0. The Balaban J connectivity index is 1.88. The van der Waals surface area contributed by atoms with Gasteiger partial charge in [-0.1, -0.05) is 60.7 Å². The van der Waals surface area contributed by atoms with E-state index in [4.69, 9.17) is 0 Å². The fourth-order valence-electron chi connectivity index (χ4n) is 3.25. The van der Waals surface area contributed by atoms with E-state index >= 15 is 0 Å². The van der Waals surface area contributed by atoms with E-state index in [1.165, 1.54) is 0 Å². The normalized spacial score (nSPS) is 10.9. The van der Waals surface area contributed by atoms with Crippen LogP contribution in [0.15, 0.2) is 83.7 Å². The Kier molecular flexibility index (Phi) is 4.23. The minimum absolute atomic E-state index is 0.0734. The number of fused-ring (bicyclic) bond motifs is 1. The van der Waals surface area contributed by atoms with Gasteiger partial charge in [0.15, 0.2) is 0 Å². The molecule has 0 unspecified atom stereocenters. The van der Waals surface area contributed by atoms with E-state index in [1.807, 2.05) is 66.7 Å². The molecule has 0 N–H and O–H groups in total. The molecule has 128 valence electrons. The summed E-state index contributed by atoms with van der Waals surface area (Å²) in [5, 5.41) is 0. The first-order valence-electron chi connectivity index (χ1n) is 8.52. The summed E-state index contributed by atoms with van der Waals surface area (Å²) in [5.74, 6) is 0. The zero-order chi connectivity index (χ0) is 17.9. The molecular formula is C22H18N2O2. The quantitative estimate of drug-likeness (QED) is 0.519. The van der Waals surface area contributed by atoms with Crippen LogP contribution < -0.4 is 5.69 Å². The molecule has 0 atom stereocenters. The molecule has 26 heavy (non-hydrogen) atoms. The standard InChI is InChI=1S/C22H18N2O2/c25-16-19-11-12-20-21(13-19)24(15-18-9-5-2-6-10-18)22(26)23(20)14-17-7-3-1-4-8-17/h1-13,16H,14-15H2. The second-order valence-corrected chi connectivity index (χ2v) is 6.29. The lowest BCUT2D eigenvalue weighted by atomic mass is 10.2. The maximum atomic E-state index is 13.1. The number of rotatable bonds is 5. The largest absolute Gasteiger partial charge is 0.329 e. The summed E-state index contributed by atoms with van der Waals surface area (Å²) >= 11 is 0. The van der Waals surface area contributed by atoms with Gasteiger partial charge in [-0.15, -0.1) is 0 Å². The highest BCUT2D eigenvalue weighted by atomic mass is 16.1. The van der Waals surface area contributed by atoms with Gasteiger partial charge in [0.05, 0.1) is 24.1 Å². The van der Waals surface area contributed by atoms with Crippen LogP contribution in [-0.2, 0) is 13.1 Å². The number of nitrogens with zero attached hydrogens (tertiary/aromatic N) is 2. The van der Waals surface area contributed by atoms with Crippen LogP contribution in [0.25, 0.3) is 11.0 Å². The van der Waals surface area contributed by atoms with Crippen molar-refractivity contribution in [3.8, 4) is 0 Å². The first-order chi connectivity index (χ1) is 12.8. The van der Waals surface area contributed by atoms with Gasteiger partial charge < -0.3 is 0 Å². The van der Waals surface area contributed by atoms with Crippen molar-refractivity contribution in [3.05, 3.63) is 106 Å². The summed E-state index contributed by atoms with van der Waals surface area (Å²) in [6.07, 6.45) is 0.811. The topological polar surface area (TPSA) is 44.0 Å². The number of aromatic nitrogens is 2. The maximum Gasteiger partial charge on any atom is 0.329 e. The first kappa shape index (κ1) is 16.1. The van der Waals surface area contributed by atoms with Crippen LogP contribution in [0.4, 0.5) is 0 Å². The van der Waals surface area contributed by atoms with Gasteiger partial charge in [0, 0.05) is 5.56 Å². The summed E-state index contributed by atoms with van der Waals surface area (Å²) in [6, 6.07) is 25.2. The van der Waals surface area contributed by atoms with Crippen LogP contribution in [-0.4, -0.2) is 15.4 Å². The minimum atomic E-state index is -0.0734. The molecule has 4 nitrogen and oxygen atoms in total. The molecule has 0 amide bonds. The number of carbonyl (C=O) groups is 1. The van der Waals surface area contributed by atoms with Gasteiger partial charge in [-0.3, -0.25) is 13.9 Å². The number of hydrogen-bond acceptors (Lipinski definition) is 2. The molecule has 0 aliphatic heterocycles. The second kappa shape index (κ2) is 6.84. The average Bonchev–Trinajstić information content (AvgIpc) is 2.95. The van der Waals surface area contributed by atoms with Crippen LogP contribution in [0.2, 0.25) is 0 Å². The molecule has 1 aromatic heterocycles. The van der Waals surface area contributed by atoms with Gasteiger partial charge in [-0.05, 0) is 29.3 Å². The highest BCUT2D eigenvalue weighted by Crippen LogP contribution is 2.18. The first-order valence-corrected chi connectivity index (χ1v) is 8.52. The molecule has 4 heteroatoms. The SMILES string of the molecule is O=Cc1ccc2c(c1)n(Cc1ccccc1)c(=O)n2Cc1ccccc1. The van der Waals surface area contributed by atoms with Gasteiger partial charge in [0.2, 0.25) is 0 Å². The third kappa shape index (κ3) is 2.97. The lowest BCUT2D eigenvalue weighted by Crippen LogP contribution is -2.25. The Hall–Kier alpha value is -3.40. The Morgan fingerprint density at radius 2 is 1.23 bits per heavy atom. The van der Waals surface area contributed by atoms with Crippen LogP contribution in [0.3, 0.4) is 0 Å². The highest BCUT2D eigenvalue weighted by molar-refractivity contribution is 5.85. The molecule has 0 aliphatic carbocycles. The molecule has 0 saturated carbocycles. The highest BCUT2D eigenvalue weighted by Gasteiger charge is 2.14. The van der Waals surface area contributed by atoms with Crippen LogP contribution in [0, 0.1) is 0 Å². The van der Waals surface area contributed by atoms with E-state index in [1.54, 1.807) is 21.3 Å². The number of carbonyl (C=O) groups excluding carboxylic acids is 1. The summed E-state index contributed by atoms with van der Waals surface area (Å²) in [4.78, 5) is 24.3. The van der Waals surface area contributed by atoms with Crippen LogP contribution in [0.5, 0.6) is 0 Å². The zero-order valence-corrected chi connectivity index (χ0v) is 14.2. The van der Waals surface area contributed by atoms with Crippen molar-refractivity contribution >= 4 is 17.3 Å². The Morgan fingerprint density at radius 3 is 1.77 bits per heavy atom. The van der Waals surface area contributed by atoms with Gasteiger partial charge in [0.25, 0.3) is 0 Å². The predicted molar refractivity (Wildman–Crippen MR) is 103 cm³/mol. The molecule has 0 radical (unpaired) electrons. The van der Waals surface area contributed by atoms with E-state index < -0.39 is 0 Å². The third-order valence-electron chi connectivity index (χ3n) is 4.55. The third-order valence-corrected chi connectivity index (χ3v) is 4.55. The Labute approximate surface area is 150 Å². The zero-order valence-electron chi connectivity index (χ0n) is 14.2. The Morgan fingerprint density at radius 1 is 0.692 bits per heavy atom. The van der Waals surface area contributed by atoms with E-state index in [2.05, 4.69) is 0 Å². The fourth-order valence-corrected chi connectivity index (χ4v) is 3.25. The molecule has 3 aromatic carbocycles. The van der Waals surface area contributed by atoms with E-state index in [-0.39, 0.29) is 5.69 Å². The number of benzene rings is 3. The van der Waals surface area contributed by atoms with Crippen LogP contribution in [0.1, 0.15) is 21.5 Å². The molecule has 1 heterocycles.